The molecule has 0 aliphatic rings. The van der Waals surface area contributed by atoms with Gasteiger partial charge < -0.3 is 15.0 Å². The van der Waals surface area contributed by atoms with Crippen molar-refractivity contribution < 1.29 is 9.53 Å². The van der Waals surface area contributed by atoms with Crippen LogP contribution >= 0.6 is 12.2 Å². The van der Waals surface area contributed by atoms with Crippen LogP contribution in [0.25, 0.3) is 10.9 Å². The van der Waals surface area contributed by atoms with Crippen molar-refractivity contribution >= 4 is 29.0 Å². The van der Waals surface area contributed by atoms with Gasteiger partial charge in [0.1, 0.15) is 12.4 Å². The first-order chi connectivity index (χ1) is 12.5. The van der Waals surface area contributed by atoms with Gasteiger partial charge in [0.15, 0.2) is 4.77 Å². The maximum Gasteiger partial charge on any atom is 0.261 e. The average Bonchev–Trinajstić information content (AvgIpc) is 2.63. The van der Waals surface area contributed by atoms with Crippen LogP contribution in [0.1, 0.15) is 15.9 Å². The standard InChI is InChI=1S/C19H19N3O3S/c1-12-4-3-5-14(10-12)25-9-8-20-17(23)13-6-7-15-16(11-13)21-19(26)22(2)18(15)24/h3-7,10-11H,8-9H2,1-2H3,(H,20,23)(H,21,26). The van der Waals surface area contributed by atoms with Crippen molar-refractivity contribution in [2.45, 2.75) is 6.92 Å². The van der Waals surface area contributed by atoms with Gasteiger partial charge >= 0.3 is 0 Å². The van der Waals surface area contributed by atoms with Crippen LogP contribution in [0.3, 0.4) is 0 Å². The van der Waals surface area contributed by atoms with Crippen LogP contribution in [0.2, 0.25) is 0 Å². The Hall–Kier alpha value is -2.93. The van der Waals surface area contributed by atoms with Gasteiger partial charge in [0.25, 0.3) is 11.5 Å². The molecule has 7 heteroatoms. The Balaban J connectivity index is 1.65. The lowest BCUT2D eigenvalue weighted by Crippen LogP contribution is -2.28. The van der Waals surface area contributed by atoms with E-state index in [1.807, 2.05) is 31.2 Å². The first-order valence-electron chi connectivity index (χ1n) is 8.16. The largest absolute Gasteiger partial charge is 0.492 e. The number of aromatic nitrogens is 2. The predicted molar refractivity (Wildman–Crippen MR) is 103 cm³/mol. The van der Waals surface area contributed by atoms with Crippen molar-refractivity contribution in [3.63, 3.8) is 0 Å². The highest BCUT2D eigenvalue weighted by molar-refractivity contribution is 7.71. The molecule has 3 aromatic rings. The number of aromatic amines is 1. The summed E-state index contributed by atoms with van der Waals surface area (Å²) in [6, 6.07) is 12.6. The van der Waals surface area contributed by atoms with E-state index in [4.69, 9.17) is 17.0 Å². The number of aryl methyl sites for hydroxylation is 1. The van der Waals surface area contributed by atoms with E-state index in [-0.39, 0.29) is 11.5 Å². The summed E-state index contributed by atoms with van der Waals surface area (Å²) in [6.07, 6.45) is 0. The van der Waals surface area contributed by atoms with Gasteiger partial charge in [0, 0.05) is 12.6 Å². The third-order valence-electron chi connectivity index (χ3n) is 4.01. The molecule has 0 fully saturated rings. The highest BCUT2D eigenvalue weighted by atomic mass is 32.1. The zero-order chi connectivity index (χ0) is 18.7. The molecular formula is C19H19N3O3S. The summed E-state index contributed by atoms with van der Waals surface area (Å²) in [4.78, 5) is 27.4. The molecule has 0 aliphatic carbocycles. The molecule has 26 heavy (non-hydrogen) atoms. The maximum atomic E-state index is 12.3. The zero-order valence-corrected chi connectivity index (χ0v) is 15.4. The molecule has 0 bridgehead atoms. The molecule has 1 heterocycles. The molecule has 2 N–H and O–H groups in total. The Bertz CT molecular complexity index is 1090. The quantitative estimate of drug-likeness (QED) is 0.536. The van der Waals surface area contributed by atoms with Crippen molar-refractivity contribution in [1.29, 1.82) is 0 Å². The molecule has 0 atom stereocenters. The van der Waals surface area contributed by atoms with Gasteiger partial charge in [-0.1, -0.05) is 12.1 Å². The highest BCUT2D eigenvalue weighted by Crippen LogP contribution is 2.12. The Morgan fingerprint density at radius 1 is 1.27 bits per heavy atom. The number of nitrogens with zero attached hydrogens (tertiary/aromatic N) is 1. The first-order valence-corrected chi connectivity index (χ1v) is 8.57. The van der Waals surface area contributed by atoms with Gasteiger partial charge in [-0.3, -0.25) is 14.2 Å². The average molecular weight is 369 g/mol. The van der Waals surface area contributed by atoms with Crippen molar-refractivity contribution in [3.05, 3.63) is 68.7 Å². The SMILES string of the molecule is Cc1cccc(OCCNC(=O)c2ccc3c(=O)n(C)c(=S)[nH]c3c2)c1. The summed E-state index contributed by atoms with van der Waals surface area (Å²) in [7, 11) is 1.61. The molecule has 0 aliphatic heterocycles. The second-order valence-corrected chi connectivity index (χ2v) is 6.36. The molecule has 134 valence electrons. The number of ether oxygens (including phenoxy) is 1. The lowest BCUT2D eigenvalue weighted by atomic mass is 10.1. The van der Waals surface area contributed by atoms with Crippen LogP contribution in [-0.2, 0) is 7.05 Å². The number of nitrogens with one attached hydrogen (secondary N) is 2. The molecule has 0 radical (unpaired) electrons. The molecule has 0 saturated heterocycles. The lowest BCUT2D eigenvalue weighted by Gasteiger charge is -2.09. The number of amides is 1. The molecule has 0 spiro atoms. The van der Waals surface area contributed by atoms with Gasteiger partial charge in [-0.15, -0.1) is 0 Å². The van der Waals surface area contributed by atoms with Gasteiger partial charge in [-0.05, 0) is 55.0 Å². The molecule has 1 aromatic heterocycles. The number of carbonyl (C=O) groups is 1. The van der Waals surface area contributed by atoms with E-state index in [1.165, 1.54) is 4.57 Å². The molecule has 0 saturated carbocycles. The fourth-order valence-corrected chi connectivity index (χ4v) is 2.78. The number of hydrogen-bond donors (Lipinski definition) is 2. The fourth-order valence-electron chi connectivity index (χ4n) is 2.59. The van der Waals surface area contributed by atoms with Crippen LogP contribution in [0.5, 0.6) is 5.75 Å². The second-order valence-electron chi connectivity index (χ2n) is 5.98. The summed E-state index contributed by atoms with van der Waals surface area (Å²) >= 11 is 5.11. The fraction of sp³-hybridized carbons (Fsp3) is 0.211. The summed E-state index contributed by atoms with van der Waals surface area (Å²) in [5.41, 5.74) is 1.92. The molecule has 2 aromatic carbocycles. The summed E-state index contributed by atoms with van der Waals surface area (Å²) < 4.78 is 7.28. The minimum Gasteiger partial charge on any atom is -0.492 e. The predicted octanol–water partition coefficient (Wildman–Crippen LogP) is 2.71. The Morgan fingerprint density at radius 2 is 2.08 bits per heavy atom. The van der Waals surface area contributed by atoms with Crippen molar-refractivity contribution in [2.24, 2.45) is 7.05 Å². The lowest BCUT2D eigenvalue weighted by molar-refractivity contribution is 0.0947. The Kier molecular flexibility index (Phi) is 5.18. The maximum absolute atomic E-state index is 12.3. The summed E-state index contributed by atoms with van der Waals surface area (Å²) in [5.74, 6) is 0.535. The number of carbonyl (C=O) groups excluding carboxylic acids is 1. The highest BCUT2D eigenvalue weighted by Gasteiger charge is 2.09. The van der Waals surface area contributed by atoms with Gasteiger partial charge in [0.05, 0.1) is 17.4 Å². The van der Waals surface area contributed by atoms with Gasteiger partial charge in [0.2, 0.25) is 0 Å². The van der Waals surface area contributed by atoms with E-state index in [1.54, 1.807) is 25.2 Å². The van der Waals surface area contributed by atoms with E-state index in [9.17, 15) is 9.59 Å². The number of H-pyrrole nitrogens is 1. The molecule has 1 amide bonds. The summed E-state index contributed by atoms with van der Waals surface area (Å²) in [5, 5.41) is 3.29. The zero-order valence-electron chi connectivity index (χ0n) is 14.5. The third-order valence-corrected chi connectivity index (χ3v) is 4.38. The van der Waals surface area contributed by atoms with Crippen LogP contribution in [0.4, 0.5) is 0 Å². The van der Waals surface area contributed by atoms with E-state index >= 15 is 0 Å². The monoisotopic (exact) mass is 369 g/mol. The third kappa shape index (κ3) is 3.83. The first kappa shape index (κ1) is 17.9. The Labute approximate surface area is 155 Å². The van der Waals surface area contributed by atoms with Gasteiger partial charge in [-0.25, -0.2) is 0 Å². The number of rotatable bonds is 5. The Morgan fingerprint density at radius 3 is 2.85 bits per heavy atom. The number of fused-ring (bicyclic) bond motifs is 1. The van der Waals surface area contributed by atoms with Crippen molar-refractivity contribution in [2.75, 3.05) is 13.2 Å². The van der Waals surface area contributed by atoms with Crippen LogP contribution in [0, 0.1) is 11.7 Å². The normalized spacial score (nSPS) is 10.7. The topological polar surface area (TPSA) is 76.1 Å². The van der Waals surface area contributed by atoms with E-state index in [0.717, 1.165) is 11.3 Å². The minimum atomic E-state index is -0.236. The van der Waals surface area contributed by atoms with Gasteiger partial charge in [-0.2, -0.15) is 0 Å². The van der Waals surface area contributed by atoms with Crippen LogP contribution in [-0.4, -0.2) is 28.6 Å². The smallest absolute Gasteiger partial charge is 0.261 e. The minimum absolute atomic E-state index is 0.192. The van der Waals surface area contributed by atoms with E-state index < -0.39 is 0 Å². The van der Waals surface area contributed by atoms with Crippen molar-refractivity contribution in [1.82, 2.24) is 14.9 Å². The molecular weight excluding hydrogens is 350 g/mol. The van der Waals surface area contributed by atoms with E-state index in [2.05, 4.69) is 10.3 Å². The number of hydrogen-bond acceptors (Lipinski definition) is 4. The van der Waals surface area contributed by atoms with Crippen LogP contribution in [0.15, 0.2) is 47.3 Å². The van der Waals surface area contributed by atoms with Crippen LogP contribution < -0.4 is 15.6 Å². The summed E-state index contributed by atoms with van der Waals surface area (Å²) in [6.45, 7) is 2.73. The van der Waals surface area contributed by atoms with Crippen molar-refractivity contribution in [3.8, 4) is 5.75 Å². The second kappa shape index (κ2) is 7.53. The number of benzene rings is 2. The molecule has 3 rings (SSSR count). The van der Waals surface area contributed by atoms with E-state index in [0.29, 0.717) is 34.4 Å². The molecule has 0 unspecified atom stereocenters. The molecule has 6 nitrogen and oxygen atoms in total.